The second-order valence-electron chi connectivity index (χ2n) is 23.0. The summed E-state index contributed by atoms with van der Waals surface area (Å²) in [5.41, 5.74) is 1.05. The van der Waals surface area contributed by atoms with E-state index in [0.717, 1.165) is 25.8 Å². The zero-order valence-corrected chi connectivity index (χ0v) is 46.0. The van der Waals surface area contributed by atoms with Gasteiger partial charge in [0.05, 0.1) is 41.0 Å². The topological polar surface area (TPSA) is 217 Å². The normalized spacial score (nSPS) is 30.9. The fraction of sp³-hybridized carbons (Fsp3) is 0.567. The number of esters is 1. The van der Waals surface area contributed by atoms with Gasteiger partial charge in [-0.1, -0.05) is 97.0 Å². The SMILES string of the molecule is CC[C@H]1/C=C/O[C@@]2(C)Oc3c(C)c(O)c4c(c3C2=O)C2=NC3(CCN(CC(C)C)CC3)NC2=C(NC(=O)/C(C)=C\C=C\[C@H](C)[C@H](O)[C@@H](C)[C@@H](O)[C@@H](C)[C@H](OC(=O)CC(=O)N2CCC(Cc3ccccc3)CC2)[C@@H]1C)C4=O. The van der Waals surface area contributed by atoms with Crippen LogP contribution in [0.3, 0.4) is 0 Å². The van der Waals surface area contributed by atoms with Crippen LogP contribution in [-0.4, -0.2) is 123 Å². The molecule has 6 aliphatic heterocycles. The number of carbonyl (C=O) groups is 5. The van der Waals surface area contributed by atoms with Gasteiger partial charge in [-0.3, -0.25) is 29.0 Å². The average Bonchev–Trinajstić information content (AvgIpc) is 4.01. The third kappa shape index (κ3) is 11.3. The Balaban J connectivity index is 1.11. The number of piperidine rings is 2. The number of hydrogen-bond donors (Lipinski definition) is 5. The van der Waals surface area contributed by atoms with Crippen LogP contribution in [0.25, 0.3) is 0 Å². The summed E-state index contributed by atoms with van der Waals surface area (Å²) < 4.78 is 19.0. The van der Waals surface area contributed by atoms with Crippen molar-refractivity contribution in [1.82, 2.24) is 20.4 Å². The van der Waals surface area contributed by atoms with Crippen molar-refractivity contribution in [1.29, 1.82) is 0 Å². The lowest BCUT2D eigenvalue weighted by atomic mass is 9.76. The number of aliphatic hydroxyl groups is 2. The molecule has 2 aromatic rings. The summed E-state index contributed by atoms with van der Waals surface area (Å²) >= 11 is 0. The molecule has 2 fully saturated rings. The number of allylic oxidation sites excluding steroid dienone is 5. The van der Waals surface area contributed by atoms with Crippen molar-refractivity contribution < 1.29 is 53.5 Å². The third-order valence-electron chi connectivity index (χ3n) is 17.0. The van der Waals surface area contributed by atoms with Crippen LogP contribution in [0.1, 0.15) is 138 Å². The summed E-state index contributed by atoms with van der Waals surface area (Å²) in [7, 11) is 0. The quantitative estimate of drug-likeness (QED) is 0.128. The first kappa shape index (κ1) is 56.1. The molecule has 16 heteroatoms. The number of fused-ring (bicyclic) bond motifs is 13. The van der Waals surface area contributed by atoms with Gasteiger partial charge in [-0.15, -0.1) is 0 Å². The monoisotopic (exact) mass is 1050 g/mol. The van der Waals surface area contributed by atoms with Gasteiger partial charge in [0.15, 0.2) is 0 Å². The van der Waals surface area contributed by atoms with E-state index in [0.29, 0.717) is 57.3 Å². The van der Waals surface area contributed by atoms with Crippen LogP contribution in [0.15, 0.2) is 82.9 Å². The number of aliphatic imine (C=N–C) groups is 1. The highest BCUT2D eigenvalue weighted by Gasteiger charge is 2.54. The smallest absolute Gasteiger partial charge is 0.315 e. The molecule has 0 radical (unpaired) electrons. The number of phenolic OH excluding ortho intramolecular Hbond substituents is 1. The van der Waals surface area contributed by atoms with Crippen molar-refractivity contribution in [2.24, 2.45) is 46.4 Å². The number of likely N-dealkylation sites (tertiary alicyclic amines) is 2. The van der Waals surface area contributed by atoms with E-state index in [1.54, 1.807) is 63.8 Å². The lowest BCUT2D eigenvalue weighted by Gasteiger charge is -2.38. The lowest BCUT2D eigenvalue weighted by Crippen LogP contribution is -2.50. The molecule has 6 heterocycles. The van der Waals surface area contributed by atoms with Gasteiger partial charge in [-0.05, 0) is 74.8 Å². The molecule has 5 bridgehead atoms. The zero-order chi connectivity index (χ0) is 55.0. The van der Waals surface area contributed by atoms with E-state index < -0.39 is 89.0 Å². The van der Waals surface area contributed by atoms with Gasteiger partial charge in [-0.2, -0.15) is 0 Å². The number of Topliss-reactive ketones (excluding diaryl/α,β-unsaturated/α-hetero) is 2. The van der Waals surface area contributed by atoms with E-state index in [9.17, 15) is 34.5 Å². The Hall–Kier alpha value is -6.10. The van der Waals surface area contributed by atoms with E-state index in [4.69, 9.17) is 19.2 Å². The van der Waals surface area contributed by atoms with Gasteiger partial charge in [0.25, 0.3) is 11.7 Å². The van der Waals surface area contributed by atoms with Gasteiger partial charge >= 0.3 is 11.8 Å². The Labute approximate surface area is 447 Å². The van der Waals surface area contributed by atoms with Crippen LogP contribution in [-0.2, 0) is 30.3 Å². The molecule has 7 aliphatic rings. The van der Waals surface area contributed by atoms with E-state index in [1.165, 1.54) is 18.7 Å². The Morgan fingerprint density at radius 1 is 0.895 bits per heavy atom. The number of nitrogens with one attached hydrogen (secondary N) is 2. The predicted octanol–water partition coefficient (Wildman–Crippen LogP) is 7.48. The second-order valence-corrected chi connectivity index (χ2v) is 23.0. The Morgan fingerprint density at radius 2 is 1.58 bits per heavy atom. The number of benzene rings is 2. The molecule has 2 amide bonds. The maximum Gasteiger partial charge on any atom is 0.315 e. The largest absolute Gasteiger partial charge is 0.507 e. The molecule has 0 aromatic heterocycles. The van der Waals surface area contributed by atoms with E-state index >= 15 is 4.79 Å². The molecule has 5 N–H and O–H groups in total. The van der Waals surface area contributed by atoms with Crippen LogP contribution in [0.4, 0.5) is 0 Å². The maximum absolute atomic E-state index is 15.0. The number of carbonyl (C=O) groups excluding carboxylic acids is 5. The first-order valence-electron chi connectivity index (χ1n) is 27.5. The number of amides is 2. The minimum Gasteiger partial charge on any atom is -0.507 e. The molecule has 9 rings (SSSR count). The summed E-state index contributed by atoms with van der Waals surface area (Å²) in [6.45, 7) is 21.4. The molecule has 2 saturated heterocycles. The average molecular weight is 1050 g/mol. The third-order valence-corrected chi connectivity index (χ3v) is 17.0. The number of rotatable bonds is 8. The minimum atomic E-state index is -1.97. The molecule has 0 saturated carbocycles. The van der Waals surface area contributed by atoms with Gasteiger partial charge in [0, 0.05) is 86.9 Å². The Kier molecular flexibility index (Phi) is 16.9. The summed E-state index contributed by atoms with van der Waals surface area (Å²) in [6, 6.07) is 10.3. The van der Waals surface area contributed by atoms with E-state index in [2.05, 4.69) is 41.5 Å². The molecular weight excluding hydrogens is 967 g/mol. The van der Waals surface area contributed by atoms with Crippen LogP contribution < -0.4 is 15.4 Å². The summed E-state index contributed by atoms with van der Waals surface area (Å²) in [5.74, 6) is -7.31. The Bertz CT molecular complexity index is 2730. The highest BCUT2D eigenvalue weighted by molar-refractivity contribution is 6.34. The molecule has 410 valence electrons. The van der Waals surface area contributed by atoms with E-state index in [1.807, 2.05) is 32.0 Å². The maximum atomic E-state index is 15.0. The van der Waals surface area contributed by atoms with Gasteiger partial charge in [0.2, 0.25) is 11.7 Å². The summed E-state index contributed by atoms with van der Waals surface area (Å²) in [6.07, 6.45) is 8.56. The number of aliphatic hydroxyl groups excluding tert-OH is 2. The highest BCUT2D eigenvalue weighted by atomic mass is 16.7. The van der Waals surface area contributed by atoms with Crippen LogP contribution in [0.2, 0.25) is 0 Å². The lowest BCUT2D eigenvalue weighted by molar-refractivity contribution is -0.164. The molecule has 9 atom stereocenters. The summed E-state index contributed by atoms with van der Waals surface area (Å²) in [5, 5.41) is 42.1. The first-order chi connectivity index (χ1) is 36.1. The van der Waals surface area contributed by atoms with Crippen molar-refractivity contribution in [3.63, 3.8) is 0 Å². The van der Waals surface area contributed by atoms with Crippen LogP contribution in [0, 0.1) is 48.3 Å². The summed E-state index contributed by atoms with van der Waals surface area (Å²) in [4.78, 5) is 80.9. The fourth-order valence-corrected chi connectivity index (χ4v) is 12.1. The molecular formula is C60H79N5O11. The van der Waals surface area contributed by atoms with Gasteiger partial charge < -0.3 is 50.0 Å². The number of aromatic hydroxyl groups is 1. The predicted molar refractivity (Wildman–Crippen MR) is 288 cm³/mol. The molecule has 76 heavy (non-hydrogen) atoms. The highest BCUT2D eigenvalue weighted by Crippen LogP contribution is 2.50. The number of ether oxygens (including phenoxy) is 3. The molecule has 2 aromatic carbocycles. The number of ketones is 2. The van der Waals surface area contributed by atoms with Crippen molar-refractivity contribution >= 4 is 35.1 Å². The first-order valence-corrected chi connectivity index (χ1v) is 27.5. The fourth-order valence-electron chi connectivity index (χ4n) is 12.1. The number of phenols is 1. The van der Waals surface area contributed by atoms with Crippen LogP contribution in [0.5, 0.6) is 11.5 Å². The van der Waals surface area contributed by atoms with Gasteiger partial charge in [0.1, 0.15) is 35.4 Å². The standard InChI is InChI=1S/C60H79N5O11/c1-11-42-22-29-74-59(10)57(72)47-45-46(53(70)39(9)56(47)76-59)54(71)50(49-48(45)62-60(63-49)23-27-64(28-24-60)32-33(2)3)61-58(73)35(5)17-15-16-34(4)51(68)37(7)52(69)38(8)55(36(42)6)75-44(67)31-43(66)65-25-20-41(21-26-65)30-40-18-13-12-14-19-40/h12-19,22,29,33-34,36-38,41-42,51-52,55,63,68-70H,11,20-21,23-28,30-32H2,1-10H3,(H,61,73)/b16-15+,29-22+,35-17-/t34-,36+,37+,38+,42-,51-,52+,55+,59-/m0/s1. The Morgan fingerprint density at radius 3 is 2.24 bits per heavy atom. The zero-order valence-electron chi connectivity index (χ0n) is 46.0. The van der Waals surface area contributed by atoms with Crippen LogP contribution >= 0.6 is 0 Å². The second kappa shape index (κ2) is 22.9. The number of nitrogens with zero attached hydrogens (tertiary/aromatic N) is 3. The molecule has 16 nitrogen and oxygen atoms in total. The molecule has 1 aliphatic carbocycles. The van der Waals surface area contributed by atoms with Crippen molar-refractivity contribution in [2.45, 2.75) is 144 Å². The number of hydrogen-bond acceptors (Lipinski definition) is 14. The van der Waals surface area contributed by atoms with Gasteiger partial charge in [-0.25, -0.2) is 0 Å². The van der Waals surface area contributed by atoms with Crippen molar-refractivity contribution in [3.8, 4) is 11.5 Å². The van der Waals surface area contributed by atoms with Crippen molar-refractivity contribution in [3.05, 3.63) is 106 Å². The molecule has 0 unspecified atom stereocenters. The van der Waals surface area contributed by atoms with Crippen molar-refractivity contribution in [2.75, 3.05) is 32.7 Å². The van der Waals surface area contributed by atoms with E-state index in [-0.39, 0.29) is 62.5 Å². The minimum absolute atomic E-state index is 0.0228. The molecule has 1 spiro atoms.